The molecule has 1 aromatic heterocycles. The Labute approximate surface area is 181 Å². The number of aryl methyl sites for hydroxylation is 1. The number of aromatic nitrogens is 2. The van der Waals surface area contributed by atoms with E-state index in [4.69, 9.17) is 0 Å². The zero-order chi connectivity index (χ0) is 21.6. The molecule has 2 aromatic rings. The van der Waals surface area contributed by atoms with Gasteiger partial charge in [0.05, 0.1) is 12.2 Å². The maximum atomic E-state index is 13.2. The Balaban J connectivity index is 1.26. The Bertz CT molecular complexity index is 924. The number of urea groups is 1. The summed E-state index contributed by atoms with van der Waals surface area (Å²) < 4.78 is 15.2. The second kappa shape index (κ2) is 9.91. The Kier molecular flexibility index (Phi) is 6.81. The van der Waals surface area contributed by atoms with Crippen LogP contribution in [0.4, 0.5) is 9.18 Å². The second-order valence-electron chi connectivity index (χ2n) is 8.12. The van der Waals surface area contributed by atoms with Gasteiger partial charge in [0.25, 0.3) is 5.91 Å². The number of nitrogens with zero attached hydrogens (tertiary/aromatic N) is 3. The number of hydrogen-bond donors (Lipinski definition) is 3. The number of rotatable bonds is 8. The van der Waals surface area contributed by atoms with E-state index in [0.29, 0.717) is 24.3 Å². The minimum absolute atomic E-state index is 0.0169. The lowest BCUT2D eigenvalue weighted by Crippen LogP contribution is -2.39. The largest absolute Gasteiger partial charge is 0.349 e. The zero-order valence-electron chi connectivity index (χ0n) is 17.6. The van der Waals surface area contributed by atoms with Crippen LogP contribution in [0, 0.1) is 5.82 Å². The van der Waals surface area contributed by atoms with Crippen molar-refractivity contribution in [3.05, 3.63) is 53.4 Å². The van der Waals surface area contributed by atoms with Crippen molar-refractivity contribution >= 4 is 11.9 Å². The number of hydrogen-bond acceptors (Lipinski definition) is 4. The highest BCUT2D eigenvalue weighted by molar-refractivity contribution is 5.92. The van der Waals surface area contributed by atoms with Crippen LogP contribution in [0.3, 0.4) is 0 Å². The van der Waals surface area contributed by atoms with Crippen molar-refractivity contribution in [3.8, 4) is 0 Å². The topological polar surface area (TPSA) is 91.3 Å². The molecular formula is C22H29FN6O2. The van der Waals surface area contributed by atoms with Crippen LogP contribution in [0.2, 0.25) is 0 Å². The fraction of sp³-hybridized carbons (Fsp3) is 0.500. The number of benzene rings is 1. The van der Waals surface area contributed by atoms with Crippen LogP contribution in [0.25, 0.3) is 0 Å². The van der Waals surface area contributed by atoms with Gasteiger partial charge in [-0.05, 0) is 50.0 Å². The molecule has 166 valence electrons. The van der Waals surface area contributed by atoms with Crippen LogP contribution in [0.1, 0.15) is 47.2 Å². The van der Waals surface area contributed by atoms with E-state index in [2.05, 4.69) is 25.8 Å². The molecule has 0 radical (unpaired) electrons. The van der Waals surface area contributed by atoms with Crippen molar-refractivity contribution in [2.24, 2.45) is 0 Å². The van der Waals surface area contributed by atoms with Gasteiger partial charge < -0.3 is 25.4 Å². The summed E-state index contributed by atoms with van der Waals surface area (Å²) in [5.41, 5.74) is 1.24. The molecule has 4 rings (SSSR count). The number of fused-ring (bicyclic) bond motifs is 1. The second-order valence-corrected chi connectivity index (χ2v) is 8.12. The summed E-state index contributed by atoms with van der Waals surface area (Å²) in [6.45, 7) is 4.33. The molecule has 2 aliphatic rings. The van der Waals surface area contributed by atoms with E-state index in [1.807, 2.05) is 4.57 Å². The third-order valence-electron chi connectivity index (χ3n) is 5.93. The van der Waals surface area contributed by atoms with Gasteiger partial charge >= 0.3 is 6.03 Å². The van der Waals surface area contributed by atoms with E-state index in [1.54, 1.807) is 18.3 Å². The van der Waals surface area contributed by atoms with Crippen molar-refractivity contribution in [1.82, 2.24) is 30.4 Å². The molecular weight excluding hydrogens is 399 g/mol. The van der Waals surface area contributed by atoms with Crippen LogP contribution in [0.15, 0.2) is 30.5 Å². The number of carbonyl (C=O) groups is 2. The number of carbonyl (C=O) groups excluding carboxylic acids is 2. The van der Waals surface area contributed by atoms with Crippen molar-refractivity contribution in [3.63, 3.8) is 0 Å². The van der Waals surface area contributed by atoms with Gasteiger partial charge in [0.1, 0.15) is 17.3 Å². The summed E-state index contributed by atoms with van der Waals surface area (Å²) in [7, 11) is 0. The minimum atomic E-state index is -0.329. The van der Waals surface area contributed by atoms with Crippen molar-refractivity contribution < 1.29 is 14.0 Å². The minimum Gasteiger partial charge on any atom is -0.349 e. The first-order valence-corrected chi connectivity index (χ1v) is 10.9. The molecule has 1 atom stereocenters. The lowest BCUT2D eigenvalue weighted by molar-refractivity contribution is 0.0939. The number of nitrogens with one attached hydrogen (secondary N) is 3. The summed E-state index contributed by atoms with van der Waals surface area (Å²) in [4.78, 5) is 31.6. The molecule has 8 nitrogen and oxygen atoms in total. The average molecular weight is 429 g/mol. The molecule has 31 heavy (non-hydrogen) atoms. The van der Waals surface area contributed by atoms with E-state index >= 15 is 0 Å². The van der Waals surface area contributed by atoms with Crippen LogP contribution in [0.5, 0.6) is 0 Å². The standard InChI is InChI=1S/C22H29FN6O2/c23-17-5-3-4-16(12-17)13-26-22(31)27-14-18-6-7-20-25-15-19(29(18)20)21(30)24-8-11-28-9-1-2-10-28/h3-5,12,15,18H,1-2,6-11,13-14H2,(H,24,30)(H2,26,27,31)/t18-/m0/s1. The Hall–Kier alpha value is -2.94. The van der Waals surface area contributed by atoms with Crippen LogP contribution < -0.4 is 16.0 Å². The van der Waals surface area contributed by atoms with Crippen LogP contribution in [-0.2, 0) is 13.0 Å². The van der Waals surface area contributed by atoms with Gasteiger partial charge in [-0.3, -0.25) is 4.79 Å². The Morgan fingerprint density at radius 1 is 1.16 bits per heavy atom. The molecule has 3 N–H and O–H groups in total. The summed E-state index contributed by atoms with van der Waals surface area (Å²) in [6, 6.07) is 5.79. The number of amides is 3. The molecule has 3 amide bonds. The van der Waals surface area contributed by atoms with E-state index < -0.39 is 0 Å². The molecule has 0 spiro atoms. The third kappa shape index (κ3) is 5.41. The predicted octanol–water partition coefficient (Wildman–Crippen LogP) is 1.83. The summed E-state index contributed by atoms with van der Waals surface area (Å²) >= 11 is 0. The highest BCUT2D eigenvalue weighted by Crippen LogP contribution is 2.26. The van der Waals surface area contributed by atoms with Gasteiger partial charge in [-0.25, -0.2) is 14.2 Å². The van der Waals surface area contributed by atoms with Gasteiger partial charge in [0.2, 0.25) is 0 Å². The number of imidazole rings is 1. The zero-order valence-corrected chi connectivity index (χ0v) is 17.6. The first kappa shape index (κ1) is 21.3. The first-order chi connectivity index (χ1) is 15.1. The van der Waals surface area contributed by atoms with Gasteiger partial charge in [-0.15, -0.1) is 0 Å². The molecule has 1 aromatic carbocycles. The maximum absolute atomic E-state index is 13.2. The Morgan fingerprint density at radius 2 is 2.00 bits per heavy atom. The average Bonchev–Trinajstić information content (AvgIpc) is 3.49. The molecule has 2 aliphatic heterocycles. The fourth-order valence-corrected chi connectivity index (χ4v) is 4.30. The number of likely N-dealkylation sites (tertiary alicyclic amines) is 1. The molecule has 0 aliphatic carbocycles. The molecule has 0 unspecified atom stereocenters. The van der Waals surface area contributed by atoms with Crippen molar-refractivity contribution in [2.75, 3.05) is 32.7 Å². The summed E-state index contributed by atoms with van der Waals surface area (Å²) in [6.07, 6.45) is 5.68. The van der Waals surface area contributed by atoms with Gasteiger partial charge in [0.15, 0.2) is 0 Å². The monoisotopic (exact) mass is 428 g/mol. The van der Waals surface area contributed by atoms with E-state index in [-0.39, 0.29) is 30.3 Å². The highest BCUT2D eigenvalue weighted by atomic mass is 19.1. The molecule has 3 heterocycles. The smallest absolute Gasteiger partial charge is 0.315 e. The lowest BCUT2D eigenvalue weighted by atomic mass is 10.2. The SMILES string of the molecule is O=C(NCc1cccc(F)c1)NC[C@@H]1CCc2ncc(C(=O)NCCN3CCCC3)n21. The predicted molar refractivity (Wildman–Crippen MR) is 114 cm³/mol. The van der Waals surface area contributed by atoms with Gasteiger partial charge in [-0.1, -0.05) is 12.1 Å². The van der Waals surface area contributed by atoms with Crippen molar-refractivity contribution in [1.29, 1.82) is 0 Å². The van der Waals surface area contributed by atoms with Crippen LogP contribution >= 0.6 is 0 Å². The lowest BCUT2D eigenvalue weighted by Gasteiger charge is -2.18. The highest BCUT2D eigenvalue weighted by Gasteiger charge is 2.28. The first-order valence-electron chi connectivity index (χ1n) is 10.9. The normalized spacial score (nSPS) is 18.0. The van der Waals surface area contributed by atoms with Crippen LogP contribution in [-0.4, -0.2) is 59.1 Å². The number of halogens is 1. The Morgan fingerprint density at radius 3 is 2.81 bits per heavy atom. The quantitative estimate of drug-likeness (QED) is 0.598. The van der Waals surface area contributed by atoms with E-state index in [0.717, 1.165) is 38.3 Å². The van der Waals surface area contributed by atoms with E-state index in [1.165, 1.54) is 25.0 Å². The van der Waals surface area contributed by atoms with Gasteiger partial charge in [-0.2, -0.15) is 0 Å². The molecule has 1 saturated heterocycles. The van der Waals surface area contributed by atoms with Crippen molar-refractivity contribution in [2.45, 2.75) is 38.3 Å². The molecule has 0 saturated carbocycles. The summed E-state index contributed by atoms with van der Waals surface area (Å²) in [5, 5.41) is 8.59. The third-order valence-corrected chi connectivity index (χ3v) is 5.93. The molecule has 1 fully saturated rings. The maximum Gasteiger partial charge on any atom is 0.315 e. The summed E-state index contributed by atoms with van der Waals surface area (Å²) in [5.74, 6) is 0.418. The van der Waals surface area contributed by atoms with E-state index in [9.17, 15) is 14.0 Å². The molecule has 9 heteroatoms. The molecule has 0 bridgehead atoms. The van der Waals surface area contributed by atoms with Gasteiger partial charge in [0, 0.05) is 32.6 Å². The fourth-order valence-electron chi connectivity index (χ4n) is 4.30.